The zero-order valence-corrected chi connectivity index (χ0v) is 10.5. The lowest BCUT2D eigenvalue weighted by Crippen LogP contribution is -2.40. The third kappa shape index (κ3) is 4.96. The van der Waals surface area contributed by atoms with Gasteiger partial charge in [-0.05, 0) is 31.8 Å². The molecule has 1 fully saturated rings. The Morgan fingerprint density at radius 2 is 2.33 bits per heavy atom. The first-order chi connectivity index (χ1) is 7.26. The molecular weight excluding hydrogens is 188 g/mol. The van der Waals surface area contributed by atoms with Crippen LogP contribution >= 0.6 is 0 Å². The molecule has 1 saturated heterocycles. The summed E-state index contributed by atoms with van der Waals surface area (Å²) >= 11 is 0. The van der Waals surface area contributed by atoms with Crippen molar-refractivity contribution in [1.29, 1.82) is 0 Å². The van der Waals surface area contributed by atoms with Crippen LogP contribution in [0.25, 0.3) is 0 Å². The van der Waals surface area contributed by atoms with Crippen LogP contribution in [0.5, 0.6) is 0 Å². The highest BCUT2D eigenvalue weighted by atomic mass is 16.5. The smallest absolute Gasteiger partial charge is 0.0500 e. The number of likely N-dealkylation sites (N-methyl/N-ethyl adjacent to an activating group) is 1. The molecule has 3 heteroatoms. The Hall–Kier alpha value is -0.120. The Balaban J connectivity index is 2.21. The van der Waals surface area contributed by atoms with Gasteiger partial charge in [-0.15, -0.1) is 0 Å². The van der Waals surface area contributed by atoms with E-state index in [1.807, 2.05) is 0 Å². The average Bonchev–Trinajstić information content (AvgIpc) is 2.70. The van der Waals surface area contributed by atoms with Crippen molar-refractivity contribution in [3.8, 4) is 0 Å². The fourth-order valence-electron chi connectivity index (χ4n) is 2.33. The van der Waals surface area contributed by atoms with Crippen LogP contribution in [0.1, 0.15) is 26.7 Å². The Morgan fingerprint density at radius 1 is 1.53 bits per heavy atom. The van der Waals surface area contributed by atoms with Gasteiger partial charge in [-0.1, -0.05) is 13.8 Å². The molecule has 0 spiro atoms. The Morgan fingerprint density at radius 3 is 2.87 bits per heavy atom. The molecule has 2 unspecified atom stereocenters. The van der Waals surface area contributed by atoms with Crippen molar-refractivity contribution in [2.24, 2.45) is 5.92 Å². The highest BCUT2D eigenvalue weighted by molar-refractivity contribution is 4.78. The molecule has 1 heterocycles. The van der Waals surface area contributed by atoms with Gasteiger partial charge >= 0.3 is 0 Å². The third-order valence-corrected chi connectivity index (χ3v) is 3.11. The van der Waals surface area contributed by atoms with Gasteiger partial charge in [0.1, 0.15) is 0 Å². The second kappa shape index (κ2) is 7.20. The van der Waals surface area contributed by atoms with Gasteiger partial charge in [0.05, 0.1) is 0 Å². The predicted molar refractivity (Wildman–Crippen MR) is 64.2 cm³/mol. The summed E-state index contributed by atoms with van der Waals surface area (Å²) in [6.45, 7) is 10.1. The fraction of sp³-hybridized carbons (Fsp3) is 1.00. The van der Waals surface area contributed by atoms with Crippen molar-refractivity contribution in [1.82, 2.24) is 10.2 Å². The van der Waals surface area contributed by atoms with Gasteiger partial charge in [0.15, 0.2) is 0 Å². The minimum Gasteiger partial charge on any atom is -0.384 e. The zero-order valence-electron chi connectivity index (χ0n) is 10.5. The molecule has 0 saturated carbocycles. The molecule has 90 valence electrons. The van der Waals surface area contributed by atoms with Crippen molar-refractivity contribution in [2.45, 2.75) is 32.7 Å². The molecule has 1 aliphatic rings. The molecule has 0 amide bonds. The van der Waals surface area contributed by atoms with Crippen molar-refractivity contribution in [3.63, 3.8) is 0 Å². The molecule has 0 aromatic rings. The number of nitrogens with one attached hydrogen (secondary N) is 1. The molecule has 15 heavy (non-hydrogen) atoms. The second-order valence-corrected chi connectivity index (χ2v) is 4.71. The number of hydrogen-bond donors (Lipinski definition) is 1. The highest BCUT2D eigenvalue weighted by Crippen LogP contribution is 2.08. The summed E-state index contributed by atoms with van der Waals surface area (Å²) in [6, 6.07) is 0.722. The molecule has 1 N–H and O–H groups in total. The van der Waals surface area contributed by atoms with Gasteiger partial charge in [0.25, 0.3) is 0 Å². The summed E-state index contributed by atoms with van der Waals surface area (Å²) in [5, 5.41) is 3.55. The van der Waals surface area contributed by atoms with Gasteiger partial charge in [0.2, 0.25) is 0 Å². The van der Waals surface area contributed by atoms with E-state index in [-0.39, 0.29) is 0 Å². The average molecular weight is 214 g/mol. The Labute approximate surface area is 94.2 Å². The summed E-state index contributed by atoms with van der Waals surface area (Å²) in [5.41, 5.74) is 0. The summed E-state index contributed by atoms with van der Waals surface area (Å²) in [5.74, 6) is 0.636. The molecule has 0 aromatic heterocycles. The highest BCUT2D eigenvalue weighted by Gasteiger charge is 2.18. The molecule has 0 radical (unpaired) electrons. The van der Waals surface area contributed by atoms with Crippen molar-refractivity contribution < 1.29 is 4.74 Å². The quantitative estimate of drug-likeness (QED) is 0.692. The van der Waals surface area contributed by atoms with Gasteiger partial charge in [0, 0.05) is 32.8 Å². The van der Waals surface area contributed by atoms with Crippen LogP contribution < -0.4 is 5.32 Å². The molecular formula is C12H26N2O. The minimum absolute atomic E-state index is 0.636. The fourth-order valence-corrected chi connectivity index (χ4v) is 2.33. The van der Waals surface area contributed by atoms with Crippen LogP contribution in [0.2, 0.25) is 0 Å². The molecule has 0 bridgehead atoms. The largest absolute Gasteiger partial charge is 0.384 e. The van der Waals surface area contributed by atoms with Gasteiger partial charge in [-0.3, -0.25) is 0 Å². The minimum atomic E-state index is 0.636. The summed E-state index contributed by atoms with van der Waals surface area (Å²) in [6.07, 6.45) is 2.69. The van der Waals surface area contributed by atoms with Crippen molar-refractivity contribution in [2.75, 3.05) is 39.9 Å². The molecule has 0 aliphatic carbocycles. The van der Waals surface area contributed by atoms with Crippen LogP contribution in [0.3, 0.4) is 0 Å². The van der Waals surface area contributed by atoms with E-state index >= 15 is 0 Å². The lowest BCUT2D eigenvalue weighted by atomic mass is 10.1. The lowest BCUT2D eigenvalue weighted by Gasteiger charge is -2.26. The van der Waals surface area contributed by atoms with Crippen LogP contribution in [-0.4, -0.2) is 50.8 Å². The third-order valence-electron chi connectivity index (χ3n) is 3.11. The topological polar surface area (TPSA) is 24.5 Å². The second-order valence-electron chi connectivity index (χ2n) is 4.71. The van der Waals surface area contributed by atoms with Gasteiger partial charge in [-0.2, -0.15) is 0 Å². The maximum atomic E-state index is 5.18. The van der Waals surface area contributed by atoms with E-state index in [0.717, 1.165) is 25.7 Å². The normalized spacial score (nSPS) is 23.6. The first kappa shape index (κ1) is 12.9. The number of methoxy groups -OCH3 is 1. The molecule has 2 atom stereocenters. The van der Waals surface area contributed by atoms with E-state index in [4.69, 9.17) is 4.74 Å². The molecule has 1 rings (SSSR count). The maximum absolute atomic E-state index is 5.18. The van der Waals surface area contributed by atoms with Crippen molar-refractivity contribution in [3.05, 3.63) is 0 Å². The van der Waals surface area contributed by atoms with E-state index in [1.54, 1.807) is 7.11 Å². The van der Waals surface area contributed by atoms with Crippen LogP contribution in [-0.2, 0) is 4.74 Å². The van der Waals surface area contributed by atoms with Crippen LogP contribution in [0.15, 0.2) is 0 Å². The van der Waals surface area contributed by atoms with E-state index in [2.05, 4.69) is 24.1 Å². The molecule has 1 aliphatic heterocycles. The molecule has 3 nitrogen and oxygen atoms in total. The van der Waals surface area contributed by atoms with E-state index in [1.165, 1.54) is 25.9 Å². The number of hydrogen-bond acceptors (Lipinski definition) is 3. The summed E-state index contributed by atoms with van der Waals surface area (Å²) in [7, 11) is 1.78. The monoisotopic (exact) mass is 214 g/mol. The summed E-state index contributed by atoms with van der Waals surface area (Å²) in [4.78, 5) is 2.53. The summed E-state index contributed by atoms with van der Waals surface area (Å²) < 4.78 is 5.18. The molecule has 0 aromatic carbocycles. The van der Waals surface area contributed by atoms with Crippen LogP contribution in [0, 0.1) is 5.92 Å². The maximum Gasteiger partial charge on any atom is 0.0500 e. The number of nitrogens with zero attached hydrogens (tertiary/aromatic N) is 1. The van der Waals surface area contributed by atoms with Gasteiger partial charge in [-0.25, -0.2) is 0 Å². The number of rotatable bonds is 7. The van der Waals surface area contributed by atoms with Crippen molar-refractivity contribution >= 4 is 0 Å². The number of ether oxygens (including phenoxy) is 1. The first-order valence-corrected chi connectivity index (χ1v) is 6.21. The Bertz CT molecular complexity index is 158. The predicted octanol–water partition coefficient (Wildman–Crippen LogP) is 1.34. The van der Waals surface area contributed by atoms with E-state index < -0.39 is 0 Å². The standard InChI is InChI=1S/C12H26N2O/c1-4-14(8-11(2)10-15-3)9-12-6-5-7-13-12/h11-13H,4-10H2,1-3H3. The lowest BCUT2D eigenvalue weighted by molar-refractivity contribution is 0.127. The zero-order chi connectivity index (χ0) is 11.1. The SMILES string of the molecule is CCN(CC(C)COC)CC1CCCN1. The van der Waals surface area contributed by atoms with Gasteiger partial charge < -0.3 is 15.0 Å². The Kier molecular flexibility index (Phi) is 6.22. The van der Waals surface area contributed by atoms with Crippen LogP contribution in [0.4, 0.5) is 0 Å². The van der Waals surface area contributed by atoms with E-state index in [0.29, 0.717) is 5.92 Å². The first-order valence-electron chi connectivity index (χ1n) is 6.21. The van der Waals surface area contributed by atoms with E-state index in [9.17, 15) is 0 Å².